The predicted molar refractivity (Wildman–Crippen MR) is 83.2 cm³/mol. The van der Waals surface area contributed by atoms with E-state index in [1.165, 1.54) is 0 Å². The molecule has 23 heavy (non-hydrogen) atoms. The molecule has 0 aromatic carbocycles. The van der Waals surface area contributed by atoms with Gasteiger partial charge in [-0.25, -0.2) is 4.79 Å². The Morgan fingerprint density at radius 1 is 1.35 bits per heavy atom. The Bertz CT molecular complexity index is 537. The van der Waals surface area contributed by atoms with E-state index in [1.54, 1.807) is 36.9 Å². The number of aryl methyl sites for hydroxylation is 1. The Kier molecular flexibility index (Phi) is 5.97. The molecule has 2 heterocycles. The molecule has 1 fully saturated rings. The van der Waals surface area contributed by atoms with Gasteiger partial charge in [-0.2, -0.15) is 0 Å². The van der Waals surface area contributed by atoms with Gasteiger partial charge < -0.3 is 24.4 Å². The molecule has 0 unspecified atom stereocenters. The average molecular weight is 324 g/mol. The number of hydrogen-bond acceptors (Lipinski definition) is 5. The van der Waals surface area contributed by atoms with E-state index in [0.717, 1.165) is 12.8 Å². The maximum atomic E-state index is 12.4. The summed E-state index contributed by atoms with van der Waals surface area (Å²) in [5.41, 5.74) is 0.249. The lowest BCUT2D eigenvalue weighted by Gasteiger charge is -2.36. The summed E-state index contributed by atoms with van der Waals surface area (Å²) in [6.07, 6.45) is 1.63. The van der Waals surface area contributed by atoms with Crippen LogP contribution in [0.2, 0.25) is 0 Å². The molecule has 0 radical (unpaired) electrons. The number of hydrogen-bond donors (Lipinski definition) is 1. The third-order valence-corrected chi connectivity index (χ3v) is 3.76. The van der Waals surface area contributed by atoms with Crippen LogP contribution < -0.4 is 5.32 Å². The summed E-state index contributed by atoms with van der Waals surface area (Å²) in [7, 11) is 3.46. The molecule has 0 bridgehead atoms. The Balaban J connectivity index is 1.89. The molecule has 128 valence electrons. The SMILES string of the molecule is Cc1cc(C(=O)NCCN(C(=O)N(C)C)C2CCOCC2)no1. The maximum Gasteiger partial charge on any atom is 0.319 e. The van der Waals surface area contributed by atoms with Crippen LogP contribution in [0, 0.1) is 6.92 Å². The van der Waals surface area contributed by atoms with Crippen molar-refractivity contribution in [1.29, 1.82) is 0 Å². The highest BCUT2D eigenvalue weighted by Crippen LogP contribution is 2.15. The van der Waals surface area contributed by atoms with Crippen LogP contribution in [0.3, 0.4) is 0 Å². The van der Waals surface area contributed by atoms with Crippen molar-refractivity contribution >= 4 is 11.9 Å². The highest BCUT2D eigenvalue weighted by molar-refractivity contribution is 5.92. The van der Waals surface area contributed by atoms with Gasteiger partial charge in [-0.3, -0.25) is 4.79 Å². The second kappa shape index (κ2) is 7.96. The maximum absolute atomic E-state index is 12.4. The van der Waals surface area contributed by atoms with E-state index in [2.05, 4.69) is 10.5 Å². The monoisotopic (exact) mass is 324 g/mol. The fourth-order valence-corrected chi connectivity index (χ4v) is 2.54. The van der Waals surface area contributed by atoms with Crippen LogP contribution in [0.4, 0.5) is 4.79 Å². The summed E-state index contributed by atoms with van der Waals surface area (Å²) in [4.78, 5) is 27.7. The van der Waals surface area contributed by atoms with E-state index >= 15 is 0 Å². The first-order valence-corrected chi connectivity index (χ1v) is 7.76. The molecule has 0 saturated carbocycles. The molecule has 0 aliphatic carbocycles. The fraction of sp³-hybridized carbons (Fsp3) is 0.667. The molecule has 1 aliphatic heterocycles. The number of rotatable bonds is 5. The average Bonchev–Trinajstić information content (AvgIpc) is 2.98. The van der Waals surface area contributed by atoms with Crippen LogP contribution in [-0.4, -0.2) is 73.3 Å². The quantitative estimate of drug-likeness (QED) is 0.868. The number of ether oxygens (including phenoxy) is 1. The highest BCUT2D eigenvalue weighted by atomic mass is 16.5. The van der Waals surface area contributed by atoms with Gasteiger partial charge >= 0.3 is 6.03 Å². The van der Waals surface area contributed by atoms with Crippen LogP contribution in [0.5, 0.6) is 0 Å². The van der Waals surface area contributed by atoms with Gasteiger partial charge in [0.25, 0.3) is 5.91 Å². The van der Waals surface area contributed by atoms with Crippen LogP contribution in [0.15, 0.2) is 10.6 Å². The van der Waals surface area contributed by atoms with E-state index in [0.29, 0.717) is 32.1 Å². The summed E-state index contributed by atoms with van der Waals surface area (Å²) < 4.78 is 10.2. The number of nitrogens with one attached hydrogen (secondary N) is 1. The van der Waals surface area contributed by atoms with Crippen molar-refractivity contribution in [2.75, 3.05) is 40.4 Å². The lowest BCUT2D eigenvalue weighted by molar-refractivity contribution is 0.0415. The predicted octanol–water partition coefficient (Wildman–Crippen LogP) is 0.875. The zero-order valence-corrected chi connectivity index (χ0v) is 13.9. The molecule has 1 saturated heterocycles. The number of carbonyl (C=O) groups is 2. The first kappa shape index (κ1) is 17.3. The molecule has 2 rings (SSSR count). The van der Waals surface area contributed by atoms with Crippen molar-refractivity contribution in [2.45, 2.75) is 25.8 Å². The van der Waals surface area contributed by atoms with Gasteiger partial charge in [0.2, 0.25) is 0 Å². The molecule has 8 heteroatoms. The topological polar surface area (TPSA) is 87.9 Å². The van der Waals surface area contributed by atoms with Gasteiger partial charge in [0.15, 0.2) is 5.69 Å². The van der Waals surface area contributed by atoms with Gasteiger partial charge in [0.05, 0.1) is 0 Å². The fourth-order valence-electron chi connectivity index (χ4n) is 2.54. The van der Waals surface area contributed by atoms with Gasteiger partial charge in [-0.05, 0) is 19.8 Å². The number of carbonyl (C=O) groups excluding carboxylic acids is 2. The first-order chi connectivity index (χ1) is 11.0. The third kappa shape index (κ3) is 4.69. The summed E-state index contributed by atoms with van der Waals surface area (Å²) in [5.74, 6) is 0.285. The Morgan fingerprint density at radius 2 is 2.04 bits per heavy atom. The summed E-state index contributed by atoms with van der Waals surface area (Å²) >= 11 is 0. The molecule has 1 aromatic heterocycles. The first-order valence-electron chi connectivity index (χ1n) is 7.76. The molecular formula is C15H24N4O4. The molecule has 1 aromatic rings. The standard InChI is InChI=1S/C15H24N4O4/c1-11-10-13(17-23-11)14(20)16-6-7-19(15(21)18(2)3)12-4-8-22-9-5-12/h10,12H,4-9H2,1-3H3,(H,16,20). The van der Waals surface area contributed by atoms with E-state index in [-0.39, 0.29) is 23.7 Å². The largest absolute Gasteiger partial charge is 0.381 e. The zero-order valence-electron chi connectivity index (χ0n) is 13.9. The molecular weight excluding hydrogens is 300 g/mol. The van der Waals surface area contributed by atoms with Gasteiger partial charge in [0, 0.05) is 52.5 Å². The molecule has 1 aliphatic rings. The Hall–Kier alpha value is -2.09. The molecule has 8 nitrogen and oxygen atoms in total. The lowest BCUT2D eigenvalue weighted by Crippen LogP contribution is -2.50. The molecule has 0 atom stereocenters. The van der Waals surface area contributed by atoms with Crippen molar-refractivity contribution < 1.29 is 18.8 Å². The molecule has 0 spiro atoms. The smallest absolute Gasteiger partial charge is 0.319 e. The number of amides is 3. The minimum atomic E-state index is -0.300. The van der Waals surface area contributed by atoms with Crippen molar-refractivity contribution in [3.8, 4) is 0 Å². The normalized spacial score (nSPS) is 15.3. The van der Waals surface area contributed by atoms with Crippen molar-refractivity contribution in [2.24, 2.45) is 0 Å². The minimum Gasteiger partial charge on any atom is -0.381 e. The zero-order chi connectivity index (χ0) is 16.8. The summed E-state index contributed by atoms with van der Waals surface area (Å²) in [5, 5.41) is 6.44. The van der Waals surface area contributed by atoms with E-state index in [9.17, 15) is 9.59 Å². The Morgan fingerprint density at radius 3 is 2.61 bits per heavy atom. The van der Waals surface area contributed by atoms with Gasteiger partial charge in [0.1, 0.15) is 5.76 Å². The minimum absolute atomic E-state index is 0.0524. The third-order valence-electron chi connectivity index (χ3n) is 3.76. The highest BCUT2D eigenvalue weighted by Gasteiger charge is 2.26. The number of nitrogens with zero attached hydrogens (tertiary/aromatic N) is 3. The number of aromatic nitrogens is 1. The summed E-state index contributed by atoms with van der Waals surface area (Å²) in [6.45, 7) is 3.86. The Labute approximate surface area is 135 Å². The molecule has 3 amide bonds. The second-order valence-corrected chi connectivity index (χ2v) is 5.79. The van der Waals surface area contributed by atoms with E-state index in [1.807, 2.05) is 0 Å². The number of urea groups is 1. The van der Waals surface area contributed by atoms with Crippen molar-refractivity contribution in [3.63, 3.8) is 0 Å². The van der Waals surface area contributed by atoms with Crippen LogP contribution in [0.25, 0.3) is 0 Å². The van der Waals surface area contributed by atoms with E-state index in [4.69, 9.17) is 9.26 Å². The van der Waals surface area contributed by atoms with Crippen LogP contribution in [-0.2, 0) is 4.74 Å². The van der Waals surface area contributed by atoms with E-state index < -0.39 is 0 Å². The van der Waals surface area contributed by atoms with Crippen LogP contribution in [0.1, 0.15) is 29.1 Å². The van der Waals surface area contributed by atoms with Crippen LogP contribution >= 0.6 is 0 Å². The second-order valence-electron chi connectivity index (χ2n) is 5.79. The van der Waals surface area contributed by atoms with Gasteiger partial charge in [-0.15, -0.1) is 0 Å². The van der Waals surface area contributed by atoms with Gasteiger partial charge in [-0.1, -0.05) is 5.16 Å². The molecule has 1 N–H and O–H groups in total. The summed E-state index contributed by atoms with van der Waals surface area (Å²) in [6, 6.07) is 1.67. The van der Waals surface area contributed by atoms with Crippen molar-refractivity contribution in [3.05, 3.63) is 17.5 Å². The lowest BCUT2D eigenvalue weighted by atomic mass is 10.1. The van der Waals surface area contributed by atoms with Crippen molar-refractivity contribution in [1.82, 2.24) is 20.3 Å².